The number of rotatable bonds is 7. The molecule has 0 bridgehead atoms. The molecule has 1 aromatic carbocycles. The maximum Gasteiger partial charge on any atom is 0.117 e. The van der Waals surface area contributed by atoms with E-state index in [9.17, 15) is 0 Å². The lowest BCUT2D eigenvalue weighted by Crippen LogP contribution is -2.48. The molecular weight excluding hydrogens is 324 g/mol. The molecule has 2 fully saturated rings. The number of hydrogen-bond acceptors (Lipinski definition) is 4. The Bertz CT molecular complexity index is 635. The zero-order chi connectivity index (χ0) is 17.6. The zero-order valence-electron chi connectivity index (χ0n) is 15.5. The van der Waals surface area contributed by atoms with Crippen LogP contribution in [0.4, 0.5) is 0 Å². The summed E-state index contributed by atoms with van der Waals surface area (Å²) in [6.07, 6.45) is 8.24. The van der Waals surface area contributed by atoms with Gasteiger partial charge in [0, 0.05) is 25.2 Å². The van der Waals surface area contributed by atoms with Crippen LogP contribution in [0.1, 0.15) is 43.4 Å². The van der Waals surface area contributed by atoms with Gasteiger partial charge in [-0.2, -0.15) is 0 Å². The standard InChI is InChI=1S/C22H30N2O2/c1-2-6-18(7-3-1)17-26-22-10-4-9-21(22)23-19-11-13-24(14-12-19)16-20-8-5-15-25-20/h1-3,5-8,15,19,21-23H,4,9-14,16-17H2/t21-,22-/m1/s1. The van der Waals surface area contributed by atoms with E-state index in [-0.39, 0.29) is 0 Å². The van der Waals surface area contributed by atoms with E-state index >= 15 is 0 Å². The summed E-state index contributed by atoms with van der Waals surface area (Å²) in [4.78, 5) is 2.50. The van der Waals surface area contributed by atoms with Gasteiger partial charge in [0.25, 0.3) is 0 Å². The molecule has 4 nitrogen and oxygen atoms in total. The monoisotopic (exact) mass is 354 g/mol. The van der Waals surface area contributed by atoms with Gasteiger partial charge in [-0.05, 0) is 49.8 Å². The van der Waals surface area contributed by atoms with E-state index in [4.69, 9.17) is 9.15 Å². The summed E-state index contributed by atoms with van der Waals surface area (Å²) in [6, 6.07) is 15.7. The van der Waals surface area contributed by atoms with Crippen molar-refractivity contribution in [2.75, 3.05) is 13.1 Å². The van der Waals surface area contributed by atoms with Crippen LogP contribution >= 0.6 is 0 Å². The van der Waals surface area contributed by atoms with Gasteiger partial charge in [-0.1, -0.05) is 30.3 Å². The Morgan fingerprint density at radius 3 is 2.62 bits per heavy atom. The lowest BCUT2D eigenvalue weighted by atomic mass is 10.0. The van der Waals surface area contributed by atoms with Crippen LogP contribution in [0.2, 0.25) is 0 Å². The third-order valence-electron chi connectivity index (χ3n) is 5.76. The van der Waals surface area contributed by atoms with E-state index in [2.05, 4.69) is 46.6 Å². The summed E-state index contributed by atoms with van der Waals surface area (Å²) in [5.74, 6) is 1.07. The number of furan rings is 1. The highest BCUT2D eigenvalue weighted by Gasteiger charge is 2.31. The van der Waals surface area contributed by atoms with Gasteiger partial charge >= 0.3 is 0 Å². The molecule has 2 atom stereocenters. The van der Waals surface area contributed by atoms with Gasteiger partial charge < -0.3 is 14.5 Å². The molecule has 2 aromatic rings. The van der Waals surface area contributed by atoms with E-state index < -0.39 is 0 Å². The van der Waals surface area contributed by atoms with Crippen molar-refractivity contribution in [3.05, 3.63) is 60.1 Å². The Labute approximate surface area is 156 Å². The summed E-state index contributed by atoms with van der Waals surface area (Å²) in [5, 5.41) is 3.91. The maximum absolute atomic E-state index is 6.25. The number of nitrogens with one attached hydrogen (secondary N) is 1. The van der Waals surface area contributed by atoms with Crippen molar-refractivity contribution in [3.63, 3.8) is 0 Å². The molecule has 140 valence electrons. The minimum absolute atomic E-state index is 0.358. The van der Waals surface area contributed by atoms with Crippen molar-refractivity contribution >= 4 is 0 Å². The first-order valence-electron chi connectivity index (χ1n) is 10.0. The number of nitrogens with zero attached hydrogens (tertiary/aromatic N) is 1. The second-order valence-electron chi connectivity index (χ2n) is 7.67. The first-order valence-corrected chi connectivity index (χ1v) is 10.0. The lowest BCUT2D eigenvalue weighted by Gasteiger charge is -2.34. The molecule has 2 heterocycles. The molecule has 2 aliphatic rings. The summed E-state index contributed by atoms with van der Waals surface area (Å²) in [6.45, 7) is 3.94. The number of benzene rings is 1. The first kappa shape index (κ1) is 17.8. The Balaban J connectivity index is 1.21. The van der Waals surface area contributed by atoms with Crippen molar-refractivity contribution in [2.24, 2.45) is 0 Å². The van der Waals surface area contributed by atoms with Gasteiger partial charge in [0.1, 0.15) is 5.76 Å². The quantitative estimate of drug-likeness (QED) is 0.816. The van der Waals surface area contributed by atoms with Gasteiger partial charge in [-0.15, -0.1) is 0 Å². The fraction of sp³-hybridized carbons (Fsp3) is 0.545. The maximum atomic E-state index is 6.25. The van der Waals surface area contributed by atoms with E-state index in [0.717, 1.165) is 32.0 Å². The molecule has 1 aromatic heterocycles. The topological polar surface area (TPSA) is 37.6 Å². The second kappa shape index (κ2) is 8.85. The summed E-state index contributed by atoms with van der Waals surface area (Å²) >= 11 is 0. The summed E-state index contributed by atoms with van der Waals surface area (Å²) < 4.78 is 11.7. The first-order chi connectivity index (χ1) is 12.9. The SMILES string of the molecule is c1ccc(CO[C@@H]2CCC[C@H]2NC2CCN(Cc3ccco3)CC2)cc1. The molecule has 0 radical (unpaired) electrons. The molecule has 4 heteroatoms. The summed E-state index contributed by atoms with van der Waals surface area (Å²) in [5.41, 5.74) is 1.27. The predicted octanol–water partition coefficient (Wildman–Crippen LogP) is 3.97. The van der Waals surface area contributed by atoms with E-state index in [1.807, 2.05) is 6.07 Å². The number of hydrogen-bond donors (Lipinski definition) is 1. The highest BCUT2D eigenvalue weighted by Crippen LogP contribution is 2.25. The van der Waals surface area contributed by atoms with Crippen molar-refractivity contribution in [1.29, 1.82) is 0 Å². The van der Waals surface area contributed by atoms with Gasteiger partial charge in [0.15, 0.2) is 0 Å². The van der Waals surface area contributed by atoms with Gasteiger partial charge in [-0.3, -0.25) is 4.90 Å². The molecule has 4 rings (SSSR count). The summed E-state index contributed by atoms with van der Waals surface area (Å²) in [7, 11) is 0. The normalized spacial score (nSPS) is 24.9. The molecule has 0 amide bonds. The van der Waals surface area contributed by atoms with Crippen LogP contribution in [-0.4, -0.2) is 36.2 Å². The van der Waals surface area contributed by atoms with Gasteiger partial charge in [0.2, 0.25) is 0 Å². The minimum Gasteiger partial charge on any atom is -0.468 e. The van der Waals surface area contributed by atoms with Crippen LogP contribution in [0.25, 0.3) is 0 Å². The third-order valence-corrected chi connectivity index (χ3v) is 5.76. The molecule has 0 spiro atoms. The van der Waals surface area contributed by atoms with Crippen LogP contribution < -0.4 is 5.32 Å². The second-order valence-corrected chi connectivity index (χ2v) is 7.67. The molecular formula is C22H30N2O2. The Kier molecular flexibility index (Phi) is 6.05. The fourth-order valence-electron chi connectivity index (χ4n) is 4.28. The molecule has 26 heavy (non-hydrogen) atoms. The highest BCUT2D eigenvalue weighted by atomic mass is 16.5. The molecule has 1 saturated heterocycles. The number of piperidine rings is 1. The molecule has 0 unspecified atom stereocenters. The van der Waals surface area contributed by atoms with Gasteiger partial charge in [0.05, 0.1) is 25.5 Å². The Hall–Kier alpha value is -1.62. The van der Waals surface area contributed by atoms with E-state index in [0.29, 0.717) is 18.2 Å². The lowest BCUT2D eigenvalue weighted by molar-refractivity contribution is 0.0227. The smallest absolute Gasteiger partial charge is 0.117 e. The Morgan fingerprint density at radius 2 is 1.85 bits per heavy atom. The number of likely N-dealkylation sites (tertiary alicyclic amines) is 1. The molecule has 1 N–H and O–H groups in total. The van der Waals surface area contributed by atoms with Crippen LogP contribution in [0.5, 0.6) is 0 Å². The van der Waals surface area contributed by atoms with E-state index in [1.165, 1.54) is 37.7 Å². The van der Waals surface area contributed by atoms with Crippen molar-refractivity contribution in [3.8, 4) is 0 Å². The molecule has 1 saturated carbocycles. The Morgan fingerprint density at radius 1 is 1.00 bits per heavy atom. The number of ether oxygens (including phenoxy) is 1. The average molecular weight is 354 g/mol. The van der Waals surface area contributed by atoms with Gasteiger partial charge in [-0.25, -0.2) is 0 Å². The highest BCUT2D eigenvalue weighted by molar-refractivity contribution is 5.13. The minimum atomic E-state index is 0.358. The van der Waals surface area contributed by atoms with Crippen LogP contribution in [0.3, 0.4) is 0 Å². The van der Waals surface area contributed by atoms with Crippen LogP contribution in [0.15, 0.2) is 53.1 Å². The van der Waals surface area contributed by atoms with Crippen molar-refractivity contribution in [1.82, 2.24) is 10.2 Å². The van der Waals surface area contributed by atoms with Crippen molar-refractivity contribution < 1.29 is 9.15 Å². The van der Waals surface area contributed by atoms with Crippen molar-refractivity contribution in [2.45, 2.75) is 63.4 Å². The average Bonchev–Trinajstić information content (AvgIpc) is 3.34. The van der Waals surface area contributed by atoms with Crippen LogP contribution in [-0.2, 0) is 17.9 Å². The predicted molar refractivity (Wildman–Crippen MR) is 103 cm³/mol. The fourth-order valence-corrected chi connectivity index (χ4v) is 4.28. The molecule has 1 aliphatic carbocycles. The molecule has 1 aliphatic heterocycles. The van der Waals surface area contributed by atoms with Crippen LogP contribution in [0, 0.1) is 0 Å². The third kappa shape index (κ3) is 4.76. The largest absolute Gasteiger partial charge is 0.468 e. The zero-order valence-corrected chi connectivity index (χ0v) is 15.5. The van der Waals surface area contributed by atoms with E-state index in [1.54, 1.807) is 6.26 Å².